The van der Waals surface area contributed by atoms with Gasteiger partial charge >= 0.3 is 0 Å². The first-order valence-corrected chi connectivity index (χ1v) is 11.1. The number of phenolic OH excluding ortho intramolecular Hbond substituents is 2. The summed E-state index contributed by atoms with van der Waals surface area (Å²) in [6.07, 6.45) is 1.18. The van der Waals surface area contributed by atoms with Crippen molar-refractivity contribution in [3.05, 3.63) is 95.6 Å². The van der Waals surface area contributed by atoms with Gasteiger partial charge in [-0.15, -0.1) is 0 Å². The number of aliphatic imine (C=N–C) groups is 1. The Balaban J connectivity index is 1.51. The third kappa shape index (κ3) is 4.12. The standard InChI is InChI=1S/C27H25N3O3/c1-17-25(20-9-13-22(32)14-10-20)28-23(15-18-5-3-2-4-6-18)26-29-24(27(33)30(17)26)16-19-7-11-21(31)12-8-19/h2-14,17,23-24,31-32H,15-16H2,1H3/p+1. The SMILES string of the molecule is CC1C(c2ccc(O)cc2)=[NH+]C(Cc2ccccc2)C2=NC(Cc3ccc(O)cc3)C(=O)N21. The van der Waals surface area contributed by atoms with E-state index in [0.29, 0.717) is 12.8 Å². The quantitative estimate of drug-likeness (QED) is 0.566. The molecule has 166 valence electrons. The summed E-state index contributed by atoms with van der Waals surface area (Å²) in [5, 5.41) is 19.3. The summed E-state index contributed by atoms with van der Waals surface area (Å²) in [5.41, 5.74) is 3.99. The van der Waals surface area contributed by atoms with Crippen molar-refractivity contribution in [2.24, 2.45) is 4.99 Å². The molecule has 2 heterocycles. The van der Waals surface area contributed by atoms with Crippen LogP contribution in [0.15, 0.2) is 83.9 Å². The number of nitrogens with zero attached hydrogens (tertiary/aromatic N) is 2. The molecule has 0 radical (unpaired) electrons. The fourth-order valence-electron chi connectivity index (χ4n) is 4.65. The lowest BCUT2D eigenvalue weighted by molar-refractivity contribution is -0.488. The second kappa shape index (κ2) is 8.54. The summed E-state index contributed by atoms with van der Waals surface area (Å²) in [7, 11) is 0. The Kier molecular flexibility index (Phi) is 5.42. The number of amides is 1. The van der Waals surface area contributed by atoms with Crippen molar-refractivity contribution in [3.63, 3.8) is 0 Å². The minimum atomic E-state index is -0.494. The monoisotopic (exact) mass is 440 g/mol. The van der Waals surface area contributed by atoms with Gasteiger partial charge in [0.25, 0.3) is 5.91 Å². The van der Waals surface area contributed by atoms with Gasteiger partial charge in [0.1, 0.15) is 23.6 Å². The van der Waals surface area contributed by atoms with Gasteiger partial charge in [0, 0.05) is 18.4 Å². The normalized spacial score (nSPS) is 22.0. The van der Waals surface area contributed by atoms with Gasteiger partial charge in [0.2, 0.25) is 11.8 Å². The molecule has 0 saturated carbocycles. The smallest absolute Gasteiger partial charge is 0.254 e. The molecule has 2 aliphatic heterocycles. The Morgan fingerprint density at radius 1 is 0.848 bits per heavy atom. The Morgan fingerprint density at radius 2 is 1.45 bits per heavy atom. The molecule has 6 heteroatoms. The largest absolute Gasteiger partial charge is 0.508 e. The molecular formula is C27H26N3O3+. The third-order valence-electron chi connectivity index (χ3n) is 6.33. The van der Waals surface area contributed by atoms with Gasteiger partial charge in [-0.3, -0.25) is 14.7 Å². The lowest BCUT2D eigenvalue weighted by atomic mass is 9.96. The van der Waals surface area contributed by atoms with Gasteiger partial charge in [-0.25, -0.2) is 4.99 Å². The zero-order valence-corrected chi connectivity index (χ0v) is 18.3. The van der Waals surface area contributed by atoms with Crippen molar-refractivity contribution in [2.75, 3.05) is 0 Å². The predicted octanol–water partition coefficient (Wildman–Crippen LogP) is 1.83. The van der Waals surface area contributed by atoms with E-state index in [-0.39, 0.29) is 29.5 Å². The summed E-state index contributed by atoms with van der Waals surface area (Å²) >= 11 is 0. The molecule has 33 heavy (non-hydrogen) atoms. The molecule has 3 N–H and O–H groups in total. The van der Waals surface area contributed by atoms with Gasteiger partial charge in [0.05, 0.1) is 0 Å². The number of carbonyl (C=O) groups excluding carboxylic acids is 1. The highest BCUT2D eigenvalue weighted by Crippen LogP contribution is 2.25. The lowest BCUT2D eigenvalue weighted by Gasteiger charge is -2.31. The van der Waals surface area contributed by atoms with Crippen LogP contribution in [0.2, 0.25) is 0 Å². The number of benzene rings is 3. The van der Waals surface area contributed by atoms with Crippen LogP contribution < -0.4 is 4.99 Å². The van der Waals surface area contributed by atoms with Crippen molar-refractivity contribution >= 4 is 17.5 Å². The Morgan fingerprint density at radius 3 is 2.12 bits per heavy atom. The van der Waals surface area contributed by atoms with Crippen LogP contribution in [0, 0.1) is 0 Å². The van der Waals surface area contributed by atoms with Crippen molar-refractivity contribution in [3.8, 4) is 11.5 Å². The Hall–Kier alpha value is -3.93. The minimum Gasteiger partial charge on any atom is -0.508 e. The van der Waals surface area contributed by atoms with E-state index in [9.17, 15) is 15.0 Å². The highest BCUT2D eigenvalue weighted by atomic mass is 16.3. The maximum absolute atomic E-state index is 13.5. The number of carbonyl (C=O) groups is 1. The summed E-state index contributed by atoms with van der Waals surface area (Å²) in [5.74, 6) is 1.16. The van der Waals surface area contributed by atoms with Crippen molar-refractivity contribution in [1.29, 1.82) is 0 Å². The number of nitrogens with one attached hydrogen (secondary N) is 1. The predicted molar refractivity (Wildman–Crippen MR) is 126 cm³/mol. The molecule has 3 unspecified atom stereocenters. The maximum atomic E-state index is 13.5. The molecule has 5 rings (SSSR count). The van der Waals surface area contributed by atoms with E-state index in [1.165, 1.54) is 0 Å². The van der Waals surface area contributed by atoms with Gasteiger partial charge < -0.3 is 10.2 Å². The van der Waals surface area contributed by atoms with Crippen LogP contribution in [-0.2, 0) is 17.6 Å². The lowest BCUT2D eigenvalue weighted by Crippen LogP contribution is -2.89. The maximum Gasteiger partial charge on any atom is 0.254 e. The molecule has 3 aromatic carbocycles. The zero-order valence-electron chi connectivity index (χ0n) is 18.3. The fraction of sp³-hybridized carbons (Fsp3) is 0.222. The summed E-state index contributed by atoms with van der Waals surface area (Å²) in [6, 6.07) is 23.3. The van der Waals surface area contributed by atoms with E-state index in [1.807, 2.05) is 54.3 Å². The number of phenols is 2. The van der Waals surface area contributed by atoms with E-state index in [1.54, 1.807) is 24.3 Å². The summed E-state index contributed by atoms with van der Waals surface area (Å²) < 4.78 is 0. The molecule has 0 bridgehead atoms. The van der Waals surface area contributed by atoms with Gasteiger partial charge in [0.15, 0.2) is 5.84 Å². The molecule has 3 atom stereocenters. The first-order chi connectivity index (χ1) is 16.0. The third-order valence-corrected chi connectivity index (χ3v) is 6.33. The minimum absolute atomic E-state index is 0.0126. The molecule has 0 fully saturated rings. The van der Waals surface area contributed by atoms with E-state index in [4.69, 9.17) is 4.99 Å². The first-order valence-electron chi connectivity index (χ1n) is 11.1. The Labute approximate surface area is 192 Å². The molecule has 0 saturated heterocycles. The second-order valence-corrected chi connectivity index (χ2v) is 8.61. The highest BCUT2D eigenvalue weighted by molar-refractivity contribution is 6.14. The Bertz CT molecular complexity index is 1220. The van der Waals surface area contributed by atoms with E-state index >= 15 is 0 Å². The number of amidine groups is 1. The van der Waals surface area contributed by atoms with Crippen LogP contribution in [0.1, 0.15) is 23.6 Å². The van der Waals surface area contributed by atoms with Crippen molar-refractivity contribution in [1.82, 2.24) is 4.90 Å². The number of hydrogen-bond acceptors (Lipinski definition) is 4. The van der Waals surface area contributed by atoms with E-state index < -0.39 is 6.04 Å². The molecule has 6 nitrogen and oxygen atoms in total. The molecule has 0 aromatic heterocycles. The topological polar surface area (TPSA) is 87.1 Å². The van der Waals surface area contributed by atoms with Crippen LogP contribution in [0.5, 0.6) is 11.5 Å². The van der Waals surface area contributed by atoms with Crippen LogP contribution in [0.4, 0.5) is 0 Å². The fourth-order valence-corrected chi connectivity index (χ4v) is 4.65. The second-order valence-electron chi connectivity index (χ2n) is 8.61. The van der Waals surface area contributed by atoms with Crippen molar-refractivity contribution < 1.29 is 20.0 Å². The van der Waals surface area contributed by atoms with Crippen LogP contribution in [-0.4, -0.2) is 50.7 Å². The number of fused-ring (bicyclic) bond motifs is 1. The first kappa shape index (κ1) is 20.9. The summed E-state index contributed by atoms with van der Waals surface area (Å²) in [6.45, 7) is 2.00. The molecule has 0 aliphatic carbocycles. The van der Waals surface area contributed by atoms with Crippen molar-refractivity contribution in [2.45, 2.75) is 37.9 Å². The molecule has 3 aromatic rings. The molecule has 0 spiro atoms. The van der Waals surface area contributed by atoms with E-state index in [2.05, 4.69) is 17.1 Å². The van der Waals surface area contributed by atoms with Gasteiger partial charge in [-0.1, -0.05) is 42.5 Å². The molecular weight excluding hydrogens is 414 g/mol. The molecule has 1 amide bonds. The van der Waals surface area contributed by atoms with E-state index in [0.717, 1.165) is 28.2 Å². The van der Waals surface area contributed by atoms with Crippen LogP contribution >= 0.6 is 0 Å². The number of hydrogen-bond donors (Lipinski definition) is 3. The average Bonchev–Trinajstić information content (AvgIpc) is 3.15. The van der Waals surface area contributed by atoms with Gasteiger partial charge in [-0.05, 0) is 54.4 Å². The average molecular weight is 441 g/mol. The number of rotatable bonds is 5. The zero-order chi connectivity index (χ0) is 22.9. The summed E-state index contributed by atoms with van der Waals surface area (Å²) in [4.78, 5) is 23.9. The number of aromatic hydroxyl groups is 2. The van der Waals surface area contributed by atoms with Gasteiger partial charge in [-0.2, -0.15) is 0 Å². The van der Waals surface area contributed by atoms with Crippen LogP contribution in [0.25, 0.3) is 0 Å². The molecule has 2 aliphatic rings. The van der Waals surface area contributed by atoms with Crippen LogP contribution in [0.3, 0.4) is 0 Å². The highest BCUT2D eigenvalue weighted by Gasteiger charge is 2.48.